The molecule has 3 aromatic carbocycles. The number of piperidine rings is 1. The summed E-state index contributed by atoms with van der Waals surface area (Å²) < 4.78 is 29.5. The molecule has 2 heterocycles. The second kappa shape index (κ2) is 12.8. The number of fused-ring (bicyclic) bond motifs is 1. The Morgan fingerprint density at radius 1 is 0.857 bits per heavy atom. The highest BCUT2D eigenvalue weighted by Crippen LogP contribution is 2.39. The summed E-state index contributed by atoms with van der Waals surface area (Å²) in [7, 11) is -3.72. The summed E-state index contributed by atoms with van der Waals surface area (Å²) in [6.45, 7) is 3.68. The first-order valence-electron chi connectivity index (χ1n) is 15.3. The van der Waals surface area contributed by atoms with E-state index in [1.165, 1.54) is 31.2 Å². The van der Waals surface area contributed by atoms with Crippen LogP contribution in [0.2, 0.25) is 0 Å². The van der Waals surface area contributed by atoms with Crippen molar-refractivity contribution < 1.29 is 13.2 Å². The van der Waals surface area contributed by atoms with E-state index in [1.807, 2.05) is 42.5 Å². The van der Waals surface area contributed by atoms with Gasteiger partial charge in [0.05, 0.1) is 16.2 Å². The quantitative estimate of drug-likeness (QED) is 0.251. The van der Waals surface area contributed by atoms with Gasteiger partial charge < -0.3 is 10.6 Å². The van der Waals surface area contributed by atoms with Crippen molar-refractivity contribution in [2.75, 3.05) is 30.3 Å². The molecule has 3 aliphatic rings. The van der Waals surface area contributed by atoms with Crippen LogP contribution in [-0.2, 0) is 21.4 Å². The molecule has 220 valence electrons. The van der Waals surface area contributed by atoms with Gasteiger partial charge in [-0.05, 0) is 86.1 Å². The third kappa shape index (κ3) is 6.61. The molecular weight excluding hydrogens is 544 g/mol. The Hall–Kier alpha value is -3.46. The standard InChI is InChI=1S/C34H40N4O3S/c39-34-32(30-22-29(18-19-31(30)37-34)42(40,41)35-23-25-10-4-1-5-11-25)33(27-12-6-2-7-13-27)36-28-16-14-26(15-17-28)24-38-20-8-3-9-21-38/h2,6-7,12-19,22,25,35-36H,1,3-5,8-11,20-21,23-24H2,(H,37,39)/b33-32-. The van der Waals surface area contributed by atoms with E-state index in [0.717, 1.165) is 56.6 Å². The highest BCUT2D eigenvalue weighted by Gasteiger charge is 2.30. The van der Waals surface area contributed by atoms with E-state index in [-0.39, 0.29) is 10.8 Å². The molecule has 1 amide bonds. The molecule has 7 nitrogen and oxygen atoms in total. The maximum absolute atomic E-state index is 13.4. The fraction of sp³-hybridized carbons (Fsp3) is 0.382. The van der Waals surface area contributed by atoms with Gasteiger partial charge in [0.2, 0.25) is 10.0 Å². The smallest absolute Gasteiger partial charge is 0.258 e. The van der Waals surface area contributed by atoms with E-state index in [0.29, 0.717) is 35.0 Å². The molecule has 3 aromatic rings. The van der Waals surface area contributed by atoms with Gasteiger partial charge in [-0.3, -0.25) is 9.69 Å². The number of carbonyl (C=O) groups is 1. The zero-order valence-corrected chi connectivity index (χ0v) is 24.9. The van der Waals surface area contributed by atoms with Gasteiger partial charge in [-0.2, -0.15) is 0 Å². The summed E-state index contributed by atoms with van der Waals surface area (Å²) in [4.78, 5) is 16.1. The molecule has 8 heteroatoms. The maximum Gasteiger partial charge on any atom is 0.258 e. The van der Waals surface area contributed by atoms with Crippen molar-refractivity contribution in [1.82, 2.24) is 9.62 Å². The van der Waals surface area contributed by atoms with Crippen molar-refractivity contribution >= 4 is 38.6 Å². The molecule has 0 unspecified atom stereocenters. The van der Waals surface area contributed by atoms with E-state index >= 15 is 0 Å². The Labute approximate surface area is 249 Å². The SMILES string of the molecule is O=C1Nc2ccc(S(=O)(=O)NCC3CCCCC3)cc2/C1=C(/Nc1ccc(CN2CCCCC2)cc1)c1ccccc1. The predicted molar refractivity (Wildman–Crippen MR) is 169 cm³/mol. The van der Waals surface area contributed by atoms with E-state index in [4.69, 9.17) is 0 Å². The first-order valence-corrected chi connectivity index (χ1v) is 16.8. The number of nitrogens with zero attached hydrogens (tertiary/aromatic N) is 1. The molecular formula is C34H40N4O3S. The topological polar surface area (TPSA) is 90.5 Å². The van der Waals surface area contributed by atoms with Gasteiger partial charge in [0, 0.05) is 30.0 Å². The molecule has 0 bridgehead atoms. The molecule has 1 aliphatic carbocycles. The van der Waals surface area contributed by atoms with Crippen LogP contribution in [0.3, 0.4) is 0 Å². The molecule has 6 rings (SSSR count). The van der Waals surface area contributed by atoms with Crippen LogP contribution < -0.4 is 15.4 Å². The van der Waals surface area contributed by atoms with Crippen LogP contribution >= 0.6 is 0 Å². The van der Waals surface area contributed by atoms with Gasteiger partial charge in [-0.15, -0.1) is 0 Å². The summed E-state index contributed by atoms with van der Waals surface area (Å²) in [5, 5.41) is 6.45. The third-order valence-electron chi connectivity index (χ3n) is 8.72. The molecule has 2 aliphatic heterocycles. The summed E-state index contributed by atoms with van der Waals surface area (Å²) in [5.41, 5.74) is 5.22. The second-order valence-electron chi connectivity index (χ2n) is 11.8. The van der Waals surface area contributed by atoms with Gasteiger partial charge in [-0.1, -0.05) is 68.1 Å². The van der Waals surface area contributed by atoms with Gasteiger partial charge in [0.1, 0.15) is 0 Å². The monoisotopic (exact) mass is 584 g/mol. The lowest BCUT2D eigenvalue weighted by Crippen LogP contribution is -2.30. The lowest BCUT2D eigenvalue weighted by Gasteiger charge is -2.26. The second-order valence-corrected chi connectivity index (χ2v) is 13.6. The van der Waals surface area contributed by atoms with E-state index in [2.05, 4.69) is 32.4 Å². The zero-order valence-electron chi connectivity index (χ0n) is 24.1. The van der Waals surface area contributed by atoms with Crippen molar-refractivity contribution in [3.8, 4) is 0 Å². The number of sulfonamides is 1. The number of nitrogens with one attached hydrogen (secondary N) is 3. The van der Waals surface area contributed by atoms with Crippen LogP contribution in [0.1, 0.15) is 68.1 Å². The van der Waals surface area contributed by atoms with Crippen LogP contribution in [0.15, 0.2) is 77.7 Å². The molecule has 1 saturated heterocycles. The van der Waals surface area contributed by atoms with Gasteiger partial charge in [-0.25, -0.2) is 13.1 Å². The Morgan fingerprint density at radius 3 is 2.31 bits per heavy atom. The average Bonchev–Trinajstić information content (AvgIpc) is 3.36. The number of carbonyl (C=O) groups excluding carboxylic acids is 1. The Balaban J connectivity index is 1.30. The fourth-order valence-corrected chi connectivity index (χ4v) is 7.50. The van der Waals surface area contributed by atoms with Crippen LogP contribution in [0.4, 0.5) is 11.4 Å². The van der Waals surface area contributed by atoms with Crippen molar-refractivity contribution in [3.05, 3.63) is 89.5 Å². The van der Waals surface area contributed by atoms with Gasteiger partial charge in [0.25, 0.3) is 5.91 Å². The molecule has 2 fully saturated rings. The fourth-order valence-electron chi connectivity index (χ4n) is 6.36. The van der Waals surface area contributed by atoms with Crippen molar-refractivity contribution in [3.63, 3.8) is 0 Å². The Kier molecular flexibility index (Phi) is 8.74. The van der Waals surface area contributed by atoms with Gasteiger partial charge in [0.15, 0.2) is 0 Å². The largest absolute Gasteiger partial charge is 0.354 e. The summed E-state index contributed by atoms with van der Waals surface area (Å²) in [5.74, 6) is 0.115. The summed E-state index contributed by atoms with van der Waals surface area (Å²) in [6, 6.07) is 23.0. The third-order valence-corrected chi connectivity index (χ3v) is 10.1. The highest BCUT2D eigenvalue weighted by atomic mass is 32.2. The number of amides is 1. The molecule has 0 aromatic heterocycles. The minimum absolute atomic E-state index is 0.167. The first-order chi connectivity index (χ1) is 20.5. The Morgan fingerprint density at radius 2 is 1.57 bits per heavy atom. The number of likely N-dealkylation sites (tertiary alicyclic amines) is 1. The van der Waals surface area contributed by atoms with E-state index in [1.54, 1.807) is 18.2 Å². The Bertz CT molecular complexity index is 1540. The minimum atomic E-state index is -3.72. The lowest BCUT2D eigenvalue weighted by molar-refractivity contribution is -0.110. The first kappa shape index (κ1) is 28.6. The summed E-state index contributed by atoms with van der Waals surface area (Å²) >= 11 is 0. The van der Waals surface area contributed by atoms with Crippen LogP contribution in [0, 0.1) is 5.92 Å². The molecule has 0 radical (unpaired) electrons. The molecule has 3 N–H and O–H groups in total. The average molecular weight is 585 g/mol. The highest BCUT2D eigenvalue weighted by molar-refractivity contribution is 7.89. The lowest BCUT2D eigenvalue weighted by atomic mass is 9.90. The normalized spacial score (nSPS) is 19.3. The summed E-state index contributed by atoms with van der Waals surface area (Å²) in [6.07, 6.45) is 9.50. The van der Waals surface area contributed by atoms with Crippen LogP contribution in [-0.4, -0.2) is 38.9 Å². The maximum atomic E-state index is 13.4. The van der Waals surface area contributed by atoms with Crippen molar-refractivity contribution in [2.45, 2.75) is 62.8 Å². The van der Waals surface area contributed by atoms with E-state index in [9.17, 15) is 13.2 Å². The molecule has 0 atom stereocenters. The molecule has 1 saturated carbocycles. The van der Waals surface area contributed by atoms with Crippen LogP contribution in [0.25, 0.3) is 11.3 Å². The zero-order chi connectivity index (χ0) is 28.9. The van der Waals surface area contributed by atoms with Crippen molar-refractivity contribution in [2.24, 2.45) is 5.92 Å². The number of anilines is 2. The number of hydrogen-bond donors (Lipinski definition) is 3. The molecule has 42 heavy (non-hydrogen) atoms. The van der Waals surface area contributed by atoms with Crippen LogP contribution in [0.5, 0.6) is 0 Å². The van der Waals surface area contributed by atoms with Gasteiger partial charge >= 0.3 is 0 Å². The number of hydrogen-bond acceptors (Lipinski definition) is 5. The van der Waals surface area contributed by atoms with Crippen molar-refractivity contribution in [1.29, 1.82) is 0 Å². The number of benzene rings is 3. The van der Waals surface area contributed by atoms with E-state index < -0.39 is 10.0 Å². The minimum Gasteiger partial charge on any atom is -0.354 e. The number of rotatable bonds is 9. The molecule has 0 spiro atoms. The predicted octanol–water partition coefficient (Wildman–Crippen LogP) is 6.46.